The third-order valence-corrected chi connectivity index (χ3v) is 9.10. The van der Waals surface area contributed by atoms with Crippen LogP contribution in [0.3, 0.4) is 0 Å². The molecule has 2 aliphatic heterocycles. The average molecular weight is 298 g/mol. The van der Waals surface area contributed by atoms with Crippen molar-refractivity contribution in [3.05, 3.63) is 0 Å². The summed E-state index contributed by atoms with van der Waals surface area (Å²) in [6.07, 6.45) is 5.11. The molecule has 2 fully saturated rings. The van der Waals surface area contributed by atoms with Gasteiger partial charge in [0.2, 0.25) is 0 Å². The minimum absolute atomic E-state index is 0.0142. The van der Waals surface area contributed by atoms with Crippen LogP contribution in [0.25, 0.3) is 0 Å². The van der Waals surface area contributed by atoms with E-state index in [2.05, 4.69) is 39.8 Å². The molecule has 0 aromatic heterocycles. The quantitative estimate of drug-likeness (QED) is 0.589. The Hall–Kier alpha value is -0.383. The number of hydrogen-bond donors (Lipinski definition) is 0. The molecule has 1 unspecified atom stereocenters. The first-order chi connectivity index (χ1) is 9.26. The molecule has 0 spiro atoms. The second kappa shape index (κ2) is 5.78. The zero-order valence-electron chi connectivity index (χ0n) is 13.1. The van der Waals surface area contributed by atoms with Gasteiger partial charge in [-0.05, 0) is 18.1 Å². The molecular weight excluding hydrogens is 272 g/mol. The first kappa shape index (κ1) is 16.0. The van der Waals surface area contributed by atoms with E-state index in [0.717, 1.165) is 0 Å². The van der Waals surface area contributed by atoms with Gasteiger partial charge < -0.3 is 18.6 Å². The molecule has 0 bridgehead atoms. The molecule has 114 valence electrons. The van der Waals surface area contributed by atoms with Crippen molar-refractivity contribution >= 4 is 8.32 Å². The molecule has 0 amide bonds. The number of rotatable bonds is 4. The van der Waals surface area contributed by atoms with Gasteiger partial charge in [0.15, 0.2) is 8.32 Å². The predicted octanol–water partition coefficient (Wildman–Crippen LogP) is 2.19. The second-order valence-electron chi connectivity index (χ2n) is 7.07. The minimum Gasteiger partial charge on any atom is -0.409 e. The molecule has 0 radical (unpaired) electrons. The van der Waals surface area contributed by atoms with E-state index in [1.54, 1.807) is 0 Å². The summed E-state index contributed by atoms with van der Waals surface area (Å²) in [7, 11) is -1.81. The lowest BCUT2D eigenvalue weighted by atomic mass is 10.1. The van der Waals surface area contributed by atoms with Crippen LogP contribution < -0.4 is 0 Å². The van der Waals surface area contributed by atoms with Gasteiger partial charge in [-0.1, -0.05) is 26.7 Å². The van der Waals surface area contributed by atoms with E-state index in [0.29, 0.717) is 19.8 Å². The number of hydrogen-bond acceptors (Lipinski definition) is 4. The van der Waals surface area contributed by atoms with Gasteiger partial charge in [-0.25, -0.2) is 0 Å². The summed E-state index contributed by atoms with van der Waals surface area (Å²) in [4.78, 5) is 0. The van der Waals surface area contributed by atoms with E-state index in [-0.39, 0.29) is 29.5 Å². The lowest BCUT2D eigenvalue weighted by Gasteiger charge is -2.39. The largest absolute Gasteiger partial charge is 0.409 e. The Balaban J connectivity index is 1.96. The molecular formula is C15H26O4Si. The Bertz CT molecular complexity index is 382. The Morgan fingerprint density at radius 2 is 1.70 bits per heavy atom. The Morgan fingerprint density at radius 1 is 1.15 bits per heavy atom. The van der Waals surface area contributed by atoms with Crippen LogP contribution in [0.4, 0.5) is 0 Å². The van der Waals surface area contributed by atoms with Crippen molar-refractivity contribution in [1.82, 2.24) is 0 Å². The lowest BCUT2D eigenvalue weighted by molar-refractivity contribution is -0.0252. The zero-order chi connectivity index (χ0) is 15.0. The van der Waals surface area contributed by atoms with Crippen LogP contribution in [0.2, 0.25) is 18.1 Å². The topological polar surface area (TPSA) is 36.9 Å². The van der Waals surface area contributed by atoms with Crippen molar-refractivity contribution in [2.24, 2.45) is 0 Å². The Morgan fingerprint density at radius 3 is 2.25 bits per heavy atom. The fourth-order valence-corrected chi connectivity index (χ4v) is 3.70. The van der Waals surface area contributed by atoms with Crippen LogP contribution in [0.1, 0.15) is 20.8 Å². The van der Waals surface area contributed by atoms with E-state index in [9.17, 15) is 0 Å². The number of ether oxygens (including phenoxy) is 3. The van der Waals surface area contributed by atoms with Gasteiger partial charge in [0.25, 0.3) is 0 Å². The van der Waals surface area contributed by atoms with Crippen LogP contribution in [-0.4, -0.2) is 52.6 Å². The average Bonchev–Trinajstić information content (AvgIpc) is 2.88. The highest BCUT2D eigenvalue weighted by molar-refractivity contribution is 6.74. The Kier molecular flexibility index (Phi) is 4.62. The van der Waals surface area contributed by atoms with Gasteiger partial charge in [0.05, 0.1) is 19.3 Å². The molecule has 20 heavy (non-hydrogen) atoms. The molecule has 0 N–H and O–H groups in total. The fourth-order valence-electron chi connectivity index (χ4n) is 2.38. The van der Waals surface area contributed by atoms with Crippen LogP contribution >= 0.6 is 0 Å². The summed E-state index contributed by atoms with van der Waals surface area (Å²) >= 11 is 0. The van der Waals surface area contributed by atoms with Crippen molar-refractivity contribution in [3.63, 3.8) is 0 Å². The molecule has 2 rings (SSSR count). The SMILES string of the molecule is C#CCO[C@@H]1CO[C@@H]2C(O[Si](C)(C)C(C)(C)C)CO[C@@H]21. The second-order valence-corrected chi connectivity index (χ2v) is 11.8. The maximum absolute atomic E-state index is 6.42. The van der Waals surface area contributed by atoms with E-state index in [4.69, 9.17) is 25.1 Å². The molecule has 4 nitrogen and oxygen atoms in total. The van der Waals surface area contributed by atoms with Crippen molar-refractivity contribution in [2.45, 2.75) is 63.3 Å². The molecule has 0 saturated carbocycles. The maximum Gasteiger partial charge on any atom is 0.192 e. The standard InChI is InChI=1S/C15H26O4Si/c1-7-8-16-11-9-17-14-12(10-18-13(11)14)19-20(5,6)15(2,3)4/h1,11-14H,8-10H2,2-6H3/t11-,12?,13-,14-/m1/s1. The molecule has 5 heteroatoms. The predicted molar refractivity (Wildman–Crippen MR) is 80.1 cm³/mol. The summed E-state index contributed by atoms with van der Waals surface area (Å²) in [5.74, 6) is 2.49. The van der Waals surface area contributed by atoms with Crippen molar-refractivity contribution in [2.75, 3.05) is 19.8 Å². The molecule has 2 heterocycles. The minimum atomic E-state index is -1.81. The smallest absolute Gasteiger partial charge is 0.192 e. The van der Waals surface area contributed by atoms with Crippen molar-refractivity contribution in [3.8, 4) is 12.3 Å². The maximum atomic E-state index is 6.42. The third-order valence-electron chi connectivity index (χ3n) is 4.60. The molecule has 2 aliphatic rings. The zero-order valence-corrected chi connectivity index (χ0v) is 14.1. The highest BCUT2D eigenvalue weighted by Crippen LogP contribution is 2.40. The number of terminal acetylenes is 1. The van der Waals surface area contributed by atoms with Gasteiger partial charge in [-0.3, -0.25) is 0 Å². The monoisotopic (exact) mass is 298 g/mol. The van der Waals surface area contributed by atoms with E-state index in [1.165, 1.54) is 0 Å². The van der Waals surface area contributed by atoms with Gasteiger partial charge in [-0.2, -0.15) is 0 Å². The fraction of sp³-hybridized carbons (Fsp3) is 0.867. The van der Waals surface area contributed by atoms with Crippen molar-refractivity contribution < 1.29 is 18.6 Å². The van der Waals surface area contributed by atoms with Crippen molar-refractivity contribution in [1.29, 1.82) is 0 Å². The van der Waals surface area contributed by atoms with Crippen LogP contribution in [0.15, 0.2) is 0 Å². The van der Waals surface area contributed by atoms with Gasteiger partial charge >= 0.3 is 0 Å². The molecule has 0 aliphatic carbocycles. The van der Waals surface area contributed by atoms with E-state index in [1.807, 2.05) is 0 Å². The highest BCUT2D eigenvalue weighted by Gasteiger charge is 2.51. The van der Waals surface area contributed by atoms with E-state index >= 15 is 0 Å². The summed E-state index contributed by atoms with van der Waals surface area (Å²) in [5.41, 5.74) is 0. The first-order valence-electron chi connectivity index (χ1n) is 7.22. The summed E-state index contributed by atoms with van der Waals surface area (Å²) < 4.78 is 23.7. The Labute approximate surface area is 123 Å². The first-order valence-corrected chi connectivity index (χ1v) is 10.1. The normalized spacial score (nSPS) is 34.0. The lowest BCUT2D eigenvalue weighted by Crippen LogP contribution is -2.47. The molecule has 4 atom stereocenters. The summed E-state index contributed by atoms with van der Waals surface area (Å²) in [5, 5.41) is 0.184. The van der Waals surface area contributed by atoms with E-state index < -0.39 is 8.32 Å². The molecule has 0 aromatic carbocycles. The molecule has 2 saturated heterocycles. The van der Waals surface area contributed by atoms with Gasteiger partial charge in [-0.15, -0.1) is 6.42 Å². The highest BCUT2D eigenvalue weighted by atomic mass is 28.4. The van der Waals surface area contributed by atoms with Crippen LogP contribution in [0.5, 0.6) is 0 Å². The van der Waals surface area contributed by atoms with Crippen LogP contribution in [-0.2, 0) is 18.6 Å². The number of fused-ring (bicyclic) bond motifs is 1. The third kappa shape index (κ3) is 3.10. The van der Waals surface area contributed by atoms with Crippen LogP contribution in [0, 0.1) is 12.3 Å². The van der Waals surface area contributed by atoms with Gasteiger partial charge in [0, 0.05) is 0 Å². The molecule has 0 aromatic rings. The van der Waals surface area contributed by atoms with Gasteiger partial charge in [0.1, 0.15) is 24.9 Å². The summed E-state index contributed by atoms with van der Waals surface area (Å²) in [6, 6.07) is 0. The summed E-state index contributed by atoms with van der Waals surface area (Å²) in [6.45, 7) is 12.6.